The van der Waals surface area contributed by atoms with E-state index in [4.69, 9.17) is 14.6 Å². The van der Waals surface area contributed by atoms with Gasteiger partial charge < -0.3 is 14.6 Å². The van der Waals surface area contributed by atoms with Crippen molar-refractivity contribution in [2.75, 3.05) is 0 Å². The number of carboxylic acid groups (broad SMARTS) is 1. The van der Waals surface area contributed by atoms with Crippen molar-refractivity contribution in [1.82, 2.24) is 0 Å². The molecule has 0 unspecified atom stereocenters. The normalized spacial score (nSPS) is 11.7. The lowest BCUT2D eigenvalue weighted by atomic mass is 10.2. The fourth-order valence-corrected chi connectivity index (χ4v) is 1.58. The summed E-state index contributed by atoms with van der Waals surface area (Å²) in [6.07, 6.45) is -0.876. The molecule has 4 heteroatoms. The third kappa shape index (κ3) is 3.75. The van der Waals surface area contributed by atoms with E-state index in [0.29, 0.717) is 11.5 Å². The second kappa shape index (κ2) is 6.10. The Morgan fingerprint density at radius 2 is 1.40 bits per heavy atom. The maximum absolute atomic E-state index is 10.7. The molecular formula is C16H16O4. The van der Waals surface area contributed by atoms with Crippen LogP contribution in [0, 0.1) is 6.92 Å². The van der Waals surface area contributed by atoms with Gasteiger partial charge in [-0.1, -0.05) is 17.7 Å². The Labute approximate surface area is 117 Å². The first-order valence-corrected chi connectivity index (χ1v) is 6.28. The highest BCUT2D eigenvalue weighted by Gasteiger charge is 2.12. The second-order valence-corrected chi connectivity index (χ2v) is 4.48. The summed E-state index contributed by atoms with van der Waals surface area (Å²) >= 11 is 0. The minimum Gasteiger partial charge on any atom is -0.479 e. The van der Waals surface area contributed by atoms with Crippen LogP contribution in [0.25, 0.3) is 0 Å². The molecule has 0 heterocycles. The third-order valence-corrected chi connectivity index (χ3v) is 2.74. The number of hydrogen-bond acceptors (Lipinski definition) is 3. The van der Waals surface area contributed by atoms with Gasteiger partial charge in [0.15, 0.2) is 6.10 Å². The predicted octanol–water partition coefficient (Wildman–Crippen LogP) is 3.64. The van der Waals surface area contributed by atoms with Crippen LogP contribution in [0.1, 0.15) is 12.5 Å². The molecule has 0 saturated heterocycles. The van der Waals surface area contributed by atoms with Crippen LogP contribution in [-0.4, -0.2) is 17.2 Å². The first-order valence-electron chi connectivity index (χ1n) is 6.28. The van der Waals surface area contributed by atoms with Gasteiger partial charge in [0.25, 0.3) is 0 Å². The van der Waals surface area contributed by atoms with Crippen LogP contribution in [-0.2, 0) is 4.79 Å². The molecule has 4 nitrogen and oxygen atoms in total. The SMILES string of the molecule is Cc1ccc(Oc2ccc(O[C@@H](C)C(=O)O)cc2)cc1. The van der Waals surface area contributed by atoms with Gasteiger partial charge in [0, 0.05) is 0 Å². The summed E-state index contributed by atoms with van der Waals surface area (Å²) in [6.45, 7) is 3.50. The fourth-order valence-electron chi connectivity index (χ4n) is 1.58. The van der Waals surface area contributed by atoms with Crippen molar-refractivity contribution in [3.05, 3.63) is 54.1 Å². The Morgan fingerprint density at radius 3 is 1.90 bits per heavy atom. The lowest BCUT2D eigenvalue weighted by Gasteiger charge is -2.11. The number of ether oxygens (including phenoxy) is 2. The van der Waals surface area contributed by atoms with E-state index in [0.717, 1.165) is 5.75 Å². The van der Waals surface area contributed by atoms with E-state index in [1.165, 1.54) is 12.5 Å². The van der Waals surface area contributed by atoms with Crippen molar-refractivity contribution in [1.29, 1.82) is 0 Å². The summed E-state index contributed by atoms with van der Waals surface area (Å²) in [5.74, 6) is 0.925. The average molecular weight is 272 g/mol. The van der Waals surface area contributed by atoms with Crippen LogP contribution in [0.15, 0.2) is 48.5 Å². The van der Waals surface area contributed by atoms with Crippen LogP contribution in [0.4, 0.5) is 0 Å². The van der Waals surface area contributed by atoms with Crippen molar-refractivity contribution in [3.8, 4) is 17.2 Å². The zero-order chi connectivity index (χ0) is 14.5. The van der Waals surface area contributed by atoms with Crippen LogP contribution in [0.3, 0.4) is 0 Å². The topological polar surface area (TPSA) is 55.8 Å². The number of hydrogen-bond donors (Lipinski definition) is 1. The van der Waals surface area contributed by atoms with Gasteiger partial charge in [-0.3, -0.25) is 0 Å². The van der Waals surface area contributed by atoms with Gasteiger partial charge in [-0.05, 0) is 50.2 Å². The lowest BCUT2D eigenvalue weighted by Crippen LogP contribution is -2.22. The van der Waals surface area contributed by atoms with E-state index >= 15 is 0 Å². The number of rotatable bonds is 5. The first-order chi connectivity index (χ1) is 9.54. The number of benzene rings is 2. The Kier molecular flexibility index (Phi) is 4.25. The standard InChI is InChI=1S/C16H16O4/c1-11-3-5-14(6-4-11)20-15-9-7-13(8-10-15)19-12(2)16(17)18/h3-10,12H,1-2H3,(H,17,18)/t12-/m0/s1. The Morgan fingerprint density at radius 1 is 0.950 bits per heavy atom. The fraction of sp³-hybridized carbons (Fsp3) is 0.188. The second-order valence-electron chi connectivity index (χ2n) is 4.48. The minimum absolute atomic E-state index is 0.496. The monoisotopic (exact) mass is 272 g/mol. The van der Waals surface area contributed by atoms with Crippen LogP contribution < -0.4 is 9.47 Å². The highest BCUT2D eigenvalue weighted by atomic mass is 16.5. The minimum atomic E-state index is -0.995. The van der Waals surface area contributed by atoms with Gasteiger partial charge in [0.2, 0.25) is 0 Å². The zero-order valence-electron chi connectivity index (χ0n) is 11.4. The Balaban J connectivity index is 2.01. The molecule has 0 amide bonds. The van der Waals surface area contributed by atoms with E-state index in [-0.39, 0.29) is 0 Å². The highest BCUT2D eigenvalue weighted by Crippen LogP contribution is 2.24. The summed E-state index contributed by atoms with van der Waals surface area (Å²) in [5, 5.41) is 8.77. The van der Waals surface area contributed by atoms with Crippen molar-refractivity contribution in [3.63, 3.8) is 0 Å². The van der Waals surface area contributed by atoms with Crippen LogP contribution >= 0.6 is 0 Å². The summed E-state index contributed by atoms with van der Waals surface area (Å²) in [7, 11) is 0. The molecule has 0 aromatic heterocycles. The van der Waals surface area contributed by atoms with Gasteiger partial charge in [0.05, 0.1) is 0 Å². The highest BCUT2D eigenvalue weighted by molar-refractivity contribution is 5.72. The van der Waals surface area contributed by atoms with Crippen molar-refractivity contribution >= 4 is 5.97 Å². The summed E-state index contributed by atoms with van der Waals surface area (Å²) < 4.78 is 10.9. The van der Waals surface area contributed by atoms with Gasteiger partial charge >= 0.3 is 5.97 Å². The molecule has 2 aromatic carbocycles. The van der Waals surface area contributed by atoms with E-state index in [1.54, 1.807) is 24.3 Å². The number of aliphatic carboxylic acids is 1. The largest absolute Gasteiger partial charge is 0.479 e. The molecule has 0 radical (unpaired) electrons. The zero-order valence-corrected chi connectivity index (χ0v) is 11.4. The molecular weight excluding hydrogens is 256 g/mol. The third-order valence-electron chi connectivity index (χ3n) is 2.74. The molecule has 1 atom stereocenters. The molecule has 0 aliphatic heterocycles. The molecule has 0 fully saturated rings. The Bertz CT molecular complexity index is 572. The molecule has 0 aliphatic rings. The predicted molar refractivity (Wildman–Crippen MR) is 75.4 cm³/mol. The van der Waals surface area contributed by atoms with Gasteiger partial charge in [-0.15, -0.1) is 0 Å². The number of carboxylic acids is 1. The van der Waals surface area contributed by atoms with Gasteiger partial charge in [-0.25, -0.2) is 4.79 Å². The quantitative estimate of drug-likeness (QED) is 0.902. The van der Waals surface area contributed by atoms with E-state index in [2.05, 4.69) is 0 Å². The molecule has 1 N–H and O–H groups in total. The molecule has 0 aliphatic carbocycles. The van der Waals surface area contributed by atoms with Crippen LogP contribution in [0.5, 0.6) is 17.2 Å². The Hall–Kier alpha value is -2.49. The molecule has 0 saturated carbocycles. The van der Waals surface area contributed by atoms with Crippen molar-refractivity contribution in [2.45, 2.75) is 20.0 Å². The summed E-state index contributed by atoms with van der Waals surface area (Å²) in [6, 6.07) is 14.6. The van der Waals surface area contributed by atoms with E-state index < -0.39 is 12.1 Å². The summed E-state index contributed by atoms with van der Waals surface area (Å²) in [4.78, 5) is 10.7. The van der Waals surface area contributed by atoms with E-state index in [9.17, 15) is 4.79 Å². The summed E-state index contributed by atoms with van der Waals surface area (Å²) in [5.41, 5.74) is 1.17. The molecule has 20 heavy (non-hydrogen) atoms. The molecule has 2 rings (SSSR count). The number of carbonyl (C=O) groups is 1. The molecule has 2 aromatic rings. The first kappa shape index (κ1) is 13.9. The molecule has 104 valence electrons. The van der Waals surface area contributed by atoms with Crippen LogP contribution in [0.2, 0.25) is 0 Å². The maximum atomic E-state index is 10.7. The molecule has 0 spiro atoms. The smallest absolute Gasteiger partial charge is 0.344 e. The average Bonchev–Trinajstić information content (AvgIpc) is 2.43. The van der Waals surface area contributed by atoms with E-state index in [1.807, 2.05) is 31.2 Å². The molecule has 0 bridgehead atoms. The number of aryl methyl sites for hydroxylation is 1. The lowest BCUT2D eigenvalue weighted by molar-refractivity contribution is -0.144. The van der Waals surface area contributed by atoms with Gasteiger partial charge in [0.1, 0.15) is 17.2 Å². The maximum Gasteiger partial charge on any atom is 0.344 e. The van der Waals surface area contributed by atoms with Crippen molar-refractivity contribution < 1.29 is 19.4 Å². The van der Waals surface area contributed by atoms with Gasteiger partial charge in [-0.2, -0.15) is 0 Å². The van der Waals surface area contributed by atoms with Crippen molar-refractivity contribution in [2.24, 2.45) is 0 Å².